The van der Waals surface area contributed by atoms with Gasteiger partial charge in [-0.15, -0.1) is 0 Å². The lowest BCUT2D eigenvalue weighted by Gasteiger charge is -2.32. The zero-order valence-corrected chi connectivity index (χ0v) is 11.1. The molecule has 0 aromatic heterocycles. The Morgan fingerprint density at radius 3 is 2.84 bits per heavy atom. The predicted octanol–water partition coefficient (Wildman–Crippen LogP) is 1.47. The molecule has 0 radical (unpaired) electrons. The van der Waals surface area contributed by atoms with Crippen LogP contribution in [0.5, 0.6) is 0 Å². The number of ether oxygens (including phenoxy) is 1. The molecule has 100 valence electrons. The second kappa shape index (κ2) is 5.60. The van der Waals surface area contributed by atoms with Gasteiger partial charge in [-0.2, -0.15) is 5.26 Å². The molecular weight excluding hydrogens is 238 g/mol. The minimum atomic E-state index is 0.634. The molecule has 0 aliphatic carbocycles. The van der Waals surface area contributed by atoms with Gasteiger partial charge in [-0.3, -0.25) is 4.90 Å². The highest BCUT2D eigenvalue weighted by molar-refractivity contribution is 5.52. The van der Waals surface area contributed by atoms with E-state index < -0.39 is 0 Å². The van der Waals surface area contributed by atoms with Crippen molar-refractivity contribution in [2.45, 2.75) is 12.5 Å². The van der Waals surface area contributed by atoms with Crippen molar-refractivity contribution in [2.75, 3.05) is 44.3 Å². The number of hydrogen-bond acceptors (Lipinski definition) is 4. The van der Waals surface area contributed by atoms with Crippen molar-refractivity contribution in [3.05, 3.63) is 29.8 Å². The van der Waals surface area contributed by atoms with Crippen LogP contribution >= 0.6 is 0 Å². The van der Waals surface area contributed by atoms with E-state index in [0.717, 1.165) is 45.0 Å². The van der Waals surface area contributed by atoms with Gasteiger partial charge in [-0.05, 0) is 24.6 Å². The molecule has 3 rings (SSSR count). The highest BCUT2D eigenvalue weighted by Gasteiger charge is 2.28. The summed E-state index contributed by atoms with van der Waals surface area (Å²) >= 11 is 0. The van der Waals surface area contributed by atoms with Crippen LogP contribution in [0.15, 0.2) is 24.3 Å². The van der Waals surface area contributed by atoms with Crippen molar-refractivity contribution in [2.24, 2.45) is 0 Å². The summed E-state index contributed by atoms with van der Waals surface area (Å²) < 4.78 is 5.41. The Labute approximate surface area is 114 Å². The number of nitrogens with zero attached hydrogens (tertiary/aromatic N) is 3. The number of nitriles is 1. The molecule has 4 nitrogen and oxygen atoms in total. The number of benzene rings is 1. The smallest absolute Gasteiger partial charge is 0.0992 e. The number of morpholine rings is 1. The highest BCUT2D eigenvalue weighted by Crippen LogP contribution is 2.24. The van der Waals surface area contributed by atoms with Gasteiger partial charge in [0.25, 0.3) is 0 Å². The Bertz CT molecular complexity index is 477. The number of hydrogen-bond donors (Lipinski definition) is 0. The molecule has 2 fully saturated rings. The summed E-state index contributed by atoms with van der Waals surface area (Å²) in [7, 11) is 0. The van der Waals surface area contributed by atoms with E-state index in [9.17, 15) is 0 Å². The lowest BCUT2D eigenvalue weighted by atomic mass is 10.2. The van der Waals surface area contributed by atoms with Crippen LogP contribution in [0.3, 0.4) is 0 Å². The van der Waals surface area contributed by atoms with E-state index >= 15 is 0 Å². The molecule has 1 aromatic rings. The zero-order chi connectivity index (χ0) is 13.1. The lowest BCUT2D eigenvalue weighted by Crippen LogP contribution is -2.44. The lowest BCUT2D eigenvalue weighted by molar-refractivity contribution is 0.0209. The molecule has 2 saturated heterocycles. The Morgan fingerprint density at radius 2 is 2.05 bits per heavy atom. The maximum Gasteiger partial charge on any atom is 0.0992 e. The van der Waals surface area contributed by atoms with Gasteiger partial charge >= 0.3 is 0 Å². The molecule has 0 N–H and O–H groups in total. The molecular formula is C15H19N3O. The second-order valence-corrected chi connectivity index (χ2v) is 5.20. The molecule has 1 unspecified atom stereocenters. The Morgan fingerprint density at radius 1 is 1.21 bits per heavy atom. The summed E-state index contributed by atoms with van der Waals surface area (Å²) in [6.07, 6.45) is 1.21. The van der Waals surface area contributed by atoms with Crippen molar-refractivity contribution in [3.63, 3.8) is 0 Å². The third-order valence-electron chi connectivity index (χ3n) is 4.07. The first-order valence-electron chi connectivity index (χ1n) is 6.94. The first-order valence-corrected chi connectivity index (χ1v) is 6.94. The van der Waals surface area contributed by atoms with Crippen molar-refractivity contribution in [1.29, 1.82) is 5.26 Å². The third-order valence-corrected chi connectivity index (χ3v) is 4.07. The van der Waals surface area contributed by atoms with E-state index in [1.54, 1.807) is 0 Å². The van der Waals surface area contributed by atoms with Gasteiger partial charge < -0.3 is 9.64 Å². The Balaban J connectivity index is 1.66. The average molecular weight is 257 g/mol. The minimum absolute atomic E-state index is 0.634. The molecule has 1 aromatic carbocycles. The van der Waals surface area contributed by atoms with Gasteiger partial charge in [-0.25, -0.2) is 0 Å². The summed E-state index contributed by atoms with van der Waals surface area (Å²) in [5.41, 5.74) is 1.92. The van der Waals surface area contributed by atoms with E-state index in [-0.39, 0.29) is 0 Å². The van der Waals surface area contributed by atoms with Gasteiger partial charge in [0.1, 0.15) is 0 Å². The van der Waals surface area contributed by atoms with Gasteiger partial charge in [0.15, 0.2) is 0 Å². The summed E-state index contributed by atoms with van der Waals surface area (Å²) in [5, 5.41) is 8.97. The molecule has 19 heavy (non-hydrogen) atoms. The Kier molecular flexibility index (Phi) is 3.67. The van der Waals surface area contributed by atoms with Crippen LogP contribution in [-0.2, 0) is 4.74 Å². The minimum Gasteiger partial charge on any atom is -0.379 e. The van der Waals surface area contributed by atoms with Crippen molar-refractivity contribution >= 4 is 5.69 Å². The van der Waals surface area contributed by atoms with E-state index in [4.69, 9.17) is 10.00 Å². The van der Waals surface area contributed by atoms with E-state index in [2.05, 4.69) is 21.9 Å². The van der Waals surface area contributed by atoms with Gasteiger partial charge in [0.2, 0.25) is 0 Å². The van der Waals surface area contributed by atoms with Gasteiger partial charge in [0.05, 0.1) is 24.8 Å². The summed E-state index contributed by atoms with van der Waals surface area (Å²) in [4.78, 5) is 4.93. The largest absolute Gasteiger partial charge is 0.379 e. The first kappa shape index (κ1) is 12.5. The molecule has 0 spiro atoms. The molecule has 2 aliphatic heterocycles. The monoisotopic (exact) mass is 257 g/mol. The first-order chi connectivity index (χ1) is 9.36. The normalized spacial score (nSPS) is 24.4. The van der Waals surface area contributed by atoms with Crippen LogP contribution in [-0.4, -0.2) is 50.3 Å². The van der Waals surface area contributed by atoms with E-state index in [1.165, 1.54) is 12.1 Å². The van der Waals surface area contributed by atoms with Crippen LogP contribution in [0.2, 0.25) is 0 Å². The highest BCUT2D eigenvalue weighted by atomic mass is 16.5. The standard InChI is InChI=1S/C15H19N3O/c16-11-13-2-1-3-14(10-13)18-5-4-15(12-18)17-6-8-19-9-7-17/h1-3,10,15H,4-9,12H2. The van der Waals surface area contributed by atoms with Crippen molar-refractivity contribution < 1.29 is 4.74 Å². The topological polar surface area (TPSA) is 39.5 Å². The van der Waals surface area contributed by atoms with Crippen LogP contribution in [0, 0.1) is 11.3 Å². The van der Waals surface area contributed by atoms with E-state index in [1.807, 2.05) is 18.2 Å². The van der Waals surface area contributed by atoms with Crippen LogP contribution in [0.1, 0.15) is 12.0 Å². The zero-order valence-electron chi connectivity index (χ0n) is 11.1. The third kappa shape index (κ3) is 2.73. The molecule has 1 atom stereocenters. The van der Waals surface area contributed by atoms with E-state index in [0.29, 0.717) is 6.04 Å². The Hall–Kier alpha value is -1.57. The van der Waals surface area contributed by atoms with Crippen molar-refractivity contribution in [3.8, 4) is 6.07 Å². The molecule has 4 heteroatoms. The summed E-state index contributed by atoms with van der Waals surface area (Å²) in [6, 6.07) is 10.8. The predicted molar refractivity (Wildman–Crippen MR) is 74.2 cm³/mol. The molecule has 2 aliphatic rings. The number of anilines is 1. The maximum absolute atomic E-state index is 8.97. The average Bonchev–Trinajstić information content (AvgIpc) is 2.98. The second-order valence-electron chi connectivity index (χ2n) is 5.20. The fraction of sp³-hybridized carbons (Fsp3) is 0.533. The quantitative estimate of drug-likeness (QED) is 0.804. The fourth-order valence-corrected chi connectivity index (χ4v) is 2.99. The maximum atomic E-state index is 8.97. The van der Waals surface area contributed by atoms with Crippen LogP contribution in [0.4, 0.5) is 5.69 Å². The molecule has 0 saturated carbocycles. The summed E-state index contributed by atoms with van der Waals surface area (Å²) in [6.45, 7) is 5.97. The van der Waals surface area contributed by atoms with Crippen LogP contribution < -0.4 is 4.90 Å². The van der Waals surface area contributed by atoms with Gasteiger partial charge in [0, 0.05) is 37.9 Å². The fourth-order valence-electron chi connectivity index (χ4n) is 2.99. The molecule has 2 heterocycles. The molecule has 0 amide bonds. The number of rotatable bonds is 2. The molecule has 0 bridgehead atoms. The van der Waals surface area contributed by atoms with Gasteiger partial charge in [-0.1, -0.05) is 6.07 Å². The van der Waals surface area contributed by atoms with Crippen molar-refractivity contribution in [1.82, 2.24) is 4.90 Å². The van der Waals surface area contributed by atoms with Crippen LogP contribution in [0.25, 0.3) is 0 Å². The summed E-state index contributed by atoms with van der Waals surface area (Å²) in [5.74, 6) is 0. The SMILES string of the molecule is N#Cc1cccc(N2CCC(N3CCOCC3)C2)c1.